The summed E-state index contributed by atoms with van der Waals surface area (Å²) in [5.74, 6) is -0.241. The maximum atomic E-state index is 11.7. The molecule has 1 aromatic rings. The third kappa shape index (κ3) is 3.57. The van der Waals surface area contributed by atoms with Crippen molar-refractivity contribution in [3.8, 4) is 0 Å². The van der Waals surface area contributed by atoms with Gasteiger partial charge in [0.2, 0.25) is 0 Å². The first-order chi connectivity index (χ1) is 7.58. The van der Waals surface area contributed by atoms with Crippen molar-refractivity contribution in [3.05, 3.63) is 20.8 Å². The molecular weight excluding hydrogens is 290 g/mol. The number of methoxy groups -OCH3 is 1. The van der Waals surface area contributed by atoms with Gasteiger partial charge in [0.25, 0.3) is 0 Å². The van der Waals surface area contributed by atoms with Crippen LogP contribution in [-0.4, -0.2) is 19.1 Å². The molecule has 0 spiro atoms. The van der Waals surface area contributed by atoms with Crippen molar-refractivity contribution in [1.82, 2.24) is 5.32 Å². The molecule has 0 aliphatic rings. The van der Waals surface area contributed by atoms with Crippen LogP contribution < -0.4 is 5.32 Å². The molecule has 1 rings (SSSR count). The molecule has 0 aliphatic carbocycles. The van der Waals surface area contributed by atoms with Crippen molar-refractivity contribution in [2.24, 2.45) is 0 Å². The van der Waals surface area contributed by atoms with Crippen molar-refractivity contribution < 1.29 is 9.53 Å². The highest BCUT2D eigenvalue weighted by Gasteiger charge is 2.23. The molecule has 0 amide bonds. The van der Waals surface area contributed by atoms with Crippen molar-refractivity contribution in [2.45, 2.75) is 32.4 Å². The first kappa shape index (κ1) is 13.7. The van der Waals surface area contributed by atoms with Crippen LogP contribution in [0.3, 0.4) is 0 Å². The Kier molecular flexibility index (Phi) is 5.44. The van der Waals surface area contributed by atoms with Gasteiger partial charge in [-0.15, -0.1) is 11.3 Å². The normalized spacial score (nSPS) is 14.5. The van der Waals surface area contributed by atoms with Gasteiger partial charge in [-0.25, -0.2) is 4.79 Å². The van der Waals surface area contributed by atoms with E-state index in [1.165, 1.54) is 7.11 Å². The molecule has 1 aromatic heterocycles. The minimum atomic E-state index is -0.365. The van der Waals surface area contributed by atoms with Gasteiger partial charge in [0.1, 0.15) is 6.04 Å². The smallest absolute Gasteiger partial charge is 0.328 e. The van der Waals surface area contributed by atoms with Crippen LogP contribution in [0.2, 0.25) is 0 Å². The minimum Gasteiger partial charge on any atom is -0.468 e. The zero-order valence-electron chi connectivity index (χ0n) is 9.62. The van der Waals surface area contributed by atoms with Gasteiger partial charge >= 0.3 is 5.97 Å². The summed E-state index contributed by atoms with van der Waals surface area (Å²) in [5, 5.41) is 5.22. The molecule has 1 N–H and O–H groups in total. The van der Waals surface area contributed by atoms with E-state index < -0.39 is 0 Å². The van der Waals surface area contributed by atoms with Crippen LogP contribution in [0.5, 0.6) is 0 Å². The monoisotopic (exact) mass is 305 g/mol. The van der Waals surface area contributed by atoms with E-state index in [2.05, 4.69) is 35.1 Å². The highest BCUT2D eigenvalue weighted by molar-refractivity contribution is 9.10. The average molecular weight is 306 g/mol. The lowest BCUT2D eigenvalue weighted by molar-refractivity contribution is -0.143. The fourth-order valence-corrected chi connectivity index (χ4v) is 2.76. The van der Waals surface area contributed by atoms with Crippen LogP contribution in [0.1, 0.15) is 31.2 Å². The first-order valence-corrected chi connectivity index (χ1v) is 6.83. The van der Waals surface area contributed by atoms with E-state index in [9.17, 15) is 4.79 Å². The highest BCUT2D eigenvalue weighted by Crippen LogP contribution is 2.26. The lowest BCUT2D eigenvalue weighted by Crippen LogP contribution is -2.35. The first-order valence-electron chi connectivity index (χ1n) is 5.16. The van der Waals surface area contributed by atoms with Gasteiger partial charge in [0.15, 0.2) is 0 Å². The van der Waals surface area contributed by atoms with Crippen LogP contribution in [0.15, 0.2) is 15.9 Å². The standard InChI is InChI=1S/C11H16BrNO2S/c1-4-7(2)13-10(11(14)15-3)9-5-8(12)6-16-9/h5-7,10,13H,4H2,1-3H3. The van der Waals surface area contributed by atoms with Crippen molar-refractivity contribution in [1.29, 1.82) is 0 Å². The van der Waals surface area contributed by atoms with E-state index in [-0.39, 0.29) is 18.1 Å². The molecule has 90 valence electrons. The molecule has 0 saturated carbocycles. The Bertz CT molecular complexity index is 354. The second kappa shape index (κ2) is 6.37. The molecule has 3 nitrogen and oxygen atoms in total. The van der Waals surface area contributed by atoms with Crippen molar-refractivity contribution in [3.63, 3.8) is 0 Å². The molecule has 0 aliphatic heterocycles. The van der Waals surface area contributed by atoms with Gasteiger partial charge in [0, 0.05) is 20.8 Å². The number of hydrogen-bond donors (Lipinski definition) is 1. The second-order valence-corrected chi connectivity index (χ2v) is 5.46. The number of carbonyl (C=O) groups excluding carboxylic acids is 1. The van der Waals surface area contributed by atoms with Gasteiger partial charge < -0.3 is 4.74 Å². The van der Waals surface area contributed by atoms with Crippen LogP contribution >= 0.6 is 27.3 Å². The Balaban J connectivity index is 2.83. The molecule has 0 bridgehead atoms. The van der Waals surface area contributed by atoms with Crippen LogP contribution in [0.25, 0.3) is 0 Å². The maximum absolute atomic E-state index is 11.7. The molecule has 0 aromatic carbocycles. The zero-order chi connectivity index (χ0) is 12.1. The van der Waals surface area contributed by atoms with Gasteiger partial charge in [-0.2, -0.15) is 0 Å². The molecule has 0 fully saturated rings. The van der Waals surface area contributed by atoms with E-state index in [0.717, 1.165) is 15.8 Å². The molecule has 0 saturated heterocycles. The Morgan fingerprint density at radius 3 is 2.81 bits per heavy atom. The van der Waals surface area contributed by atoms with E-state index >= 15 is 0 Å². The van der Waals surface area contributed by atoms with E-state index in [1.807, 2.05) is 11.4 Å². The van der Waals surface area contributed by atoms with E-state index in [0.29, 0.717) is 0 Å². The quantitative estimate of drug-likeness (QED) is 0.850. The summed E-state index contributed by atoms with van der Waals surface area (Å²) >= 11 is 4.93. The summed E-state index contributed by atoms with van der Waals surface area (Å²) in [6.07, 6.45) is 0.972. The van der Waals surface area contributed by atoms with E-state index in [1.54, 1.807) is 11.3 Å². The van der Waals surface area contributed by atoms with Crippen molar-refractivity contribution >= 4 is 33.2 Å². The molecular formula is C11H16BrNO2S. The predicted molar refractivity (Wildman–Crippen MR) is 69.7 cm³/mol. The minimum absolute atomic E-state index is 0.241. The number of esters is 1. The van der Waals surface area contributed by atoms with Crippen molar-refractivity contribution in [2.75, 3.05) is 7.11 Å². The summed E-state index contributed by atoms with van der Waals surface area (Å²) in [6.45, 7) is 4.13. The van der Waals surface area contributed by atoms with Gasteiger partial charge in [0.05, 0.1) is 7.11 Å². The summed E-state index contributed by atoms with van der Waals surface area (Å²) < 4.78 is 5.80. The average Bonchev–Trinajstić information content (AvgIpc) is 2.71. The Hall–Kier alpha value is -0.390. The number of thiophene rings is 1. The lowest BCUT2D eigenvalue weighted by atomic mass is 10.2. The third-order valence-electron chi connectivity index (χ3n) is 2.37. The van der Waals surface area contributed by atoms with Crippen LogP contribution in [-0.2, 0) is 9.53 Å². The summed E-state index contributed by atoms with van der Waals surface area (Å²) in [7, 11) is 1.41. The van der Waals surface area contributed by atoms with E-state index in [4.69, 9.17) is 4.74 Å². The number of carbonyl (C=O) groups is 1. The molecule has 0 radical (unpaired) electrons. The Labute approximate surface area is 108 Å². The third-order valence-corrected chi connectivity index (χ3v) is 4.13. The number of ether oxygens (including phenoxy) is 1. The van der Waals surface area contributed by atoms with Gasteiger partial charge in [-0.05, 0) is 35.3 Å². The number of nitrogens with one attached hydrogen (secondary N) is 1. The second-order valence-electron chi connectivity index (χ2n) is 3.60. The molecule has 5 heteroatoms. The van der Waals surface area contributed by atoms with Gasteiger partial charge in [-0.1, -0.05) is 6.92 Å². The molecule has 16 heavy (non-hydrogen) atoms. The Morgan fingerprint density at radius 2 is 2.38 bits per heavy atom. The molecule has 2 atom stereocenters. The lowest BCUT2D eigenvalue weighted by Gasteiger charge is -2.19. The summed E-state index contributed by atoms with van der Waals surface area (Å²) in [4.78, 5) is 12.7. The zero-order valence-corrected chi connectivity index (χ0v) is 12.0. The fraction of sp³-hybridized carbons (Fsp3) is 0.545. The largest absolute Gasteiger partial charge is 0.468 e. The number of rotatable bonds is 5. The fourth-order valence-electron chi connectivity index (χ4n) is 1.27. The molecule has 1 heterocycles. The Morgan fingerprint density at radius 1 is 1.69 bits per heavy atom. The SMILES string of the molecule is CCC(C)NC(C(=O)OC)c1cc(Br)cs1. The maximum Gasteiger partial charge on any atom is 0.328 e. The van der Waals surface area contributed by atoms with Crippen LogP contribution in [0.4, 0.5) is 0 Å². The van der Waals surface area contributed by atoms with Gasteiger partial charge in [-0.3, -0.25) is 5.32 Å². The summed E-state index contributed by atoms with van der Waals surface area (Å²) in [5.41, 5.74) is 0. The van der Waals surface area contributed by atoms with Crippen LogP contribution in [0, 0.1) is 0 Å². The molecule has 2 unspecified atom stereocenters. The predicted octanol–water partition coefficient (Wildman–Crippen LogP) is 3.11. The summed E-state index contributed by atoms with van der Waals surface area (Å²) in [6, 6.07) is 1.86. The topological polar surface area (TPSA) is 38.3 Å². The number of halogens is 1. The highest BCUT2D eigenvalue weighted by atomic mass is 79.9. The number of hydrogen-bond acceptors (Lipinski definition) is 4.